The van der Waals surface area contributed by atoms with Crippen LogP contribution < -0.4 is 5.32 Å². The fourth-order valence-electron chi connectivity index (χ4n) is 3.24. The molecule has 0 saturated heterocycles. The van der Waals surface area contributed by atoms with Gasteiger partial charge in [-0.3, -0.25) is 0 Å². The van der Waals surface area contributed by atoms with Crippen molar-refractivity contribution in [3.8, 4) is 11.3 Å². The highest BCUT2D eigenvalue weighted by atomic mass is 32.1. The summed E-state index contributed by atoms with van der Waals surface area (Å²) in [6.45, 7) is 7.94. The Morgan fingerprint density at radius 3 is 2.77 bits per heavy atom. The molecule has 0 spiro atoms. The number of thiazole rings is 1. The Morgan fingerprint density at radius 1 is 1.35 bits per heavy atom. The lowest BCUT2D eigenvalue weighted by Crippen LogP contribution is -2.24. The summed E-state index contributed by atoms with van der Waals surface area (Å²) >= 11 is 1.52. The molecule has 1 aromatic heterocycles. The lowest BCUT2D eigenvalue weighted by atomic mass is 10.1. The molecule has 1 saturated carbocycles. The second-order valence-electron chi connectivity index (χ2n) is 6.46. The highest BCUT2D eigenvalue weighted by Gasteiger charge is 2.19. The fraction of sp³-hybridized carbons (Fsp3) is 0.333. The number of aromatic nitrogens is 1. The number of hydrogen-bond acceptors (Lipinski definition) is 4. The summed E-state index contributed by atoms with van der Waals surface area (Å²) in [5, 5.41) is 4.29. The molecule has 5 heteroatoms. The number of benzene rings is 1. The first-order valence-corrected chi connectivity index (χ1v) is 9.79. The third-order valence-electron chi connectivity index (χ3n) is 4.40. The Morgan fingerprint density at radius 2 is 2.08 bits per heavy atom. The molecule has 0 amide bonds. The molecular weight excluding hydrogens is 345 g/mol. The number of hydrogen-bond donors (Lipinski definition) is 1. The minimum absolute atomic E-state index is 0.276. The maximum atomic E-state index is 14.3. The Balaban J connectivity index is 1.97. The second-order valence-corrected chi connectivity index (χ2v) is 7.66. The number of allylic oxidation sites excluding steroid dienone is 2. The number of aryl methyl sites for hydroxylation is 1. The molecule has 1 aromatic carbocycles. The first-order chi connectivity index (χ1) is 12.6. The maximum Gasteiger partial charge on any atom is 0.132 e. The van der Waals surface area contributed by atoms with E-state index >= 15 is 0 Å². The van der Waals surface area contributed by atoms with Crippen molar-refractivity contribution >= 4 is 17.0 Å². The second kappa shape index (κ2) is 8.41. The summed E-state index contributed by atoms with van der Waals surface area (Å²) in [5.41, 5.74) is 1.89. The van der Waals surface area contributed by atoms with E-state index in [1.165, 1.54) is 30.2 Å². The SMILES string of the molecule is C=C(/N=C(\C=C/C)c1sc(C)nc1-c1ccccc1F)NC1CCCC1. The number of nitrogens with one attached hydrogen (secondary N) is 1. The van der Waals surface area contributed by atoms with Crippen LogP contribution in [0.3, 0.4) is 0 Å². The van der Waals surface area contributed by atoms with E-state index in [1.54, 1.807) is 12.1 Å². The van der Waals surface area contributed by atoms with Crippen molar-refractivity contribution in [3.05, 3.63) is 64.5 Å². The van der Waals surface area contributed by atoms with E-state index in [9.17, 15) is 4.39 Å². The monoisotopic (exact) mass is 369 g/mol. The summed E-state index contributed by atoms with van der Waals surface area (Å²) in [6.07, 6.45) is 8.69. The van der Waals surface area contributed by atoms with Gasteiger partial charge in [0.2, 0.25) is 0 Å². The molecular formula is C21H24FN3S. The molecule has 0 atom stereocenters. The van der Waals surface area contributed by atoms with Crippen molar-refractivity contribution in [2.45, 2.75) is 45.6 Å². The van der Waals surface area contributed by atoms with E-state index in [4.69, 9.17) is 4.99 Å². The predicted molar refractivity (Wildman–Crippen MR) is 108 cm³/mol. The molecule has 26 heavy (non-hydrogen) atoms. The normalized spacial score (nSPS) is 15.7. The Bertz CT molecular complexity index is 845. The van der Waals surface area contributed by atoms with Crippen molar-refractivity contribution in [2.75, 3.05) is 0 Å². The van der Waals surface area contributed by atoms with Gasteiger partial charge in [0, 0.05) is 11.6 Å². The van der Waals surface area contributed by atoms with E-state index < -0.39 is 0 Å². The van der Waals surface area contributed by atoms with Gasteiger partial charge >= 0.3 is 0 Å². The van der Waals surface area contributed by atoms with Gasteiger partial charge in [-0.1, -0.05) is 37.6 Å². The molecule has 3 rings (SSSR count). The number of nitrogens with zero attached hydrogens (tertiary/aromatic N) is 2. The van der Waals surface area contributed by atoms with Gasteiger partial charge in [-0.2, -0.15) is 0 Å². The highest BCUT2D eigenvalue weighted by molar-refractivity contribution is 7.14. The molecule has 1 aliphatic carbocycles. The molecule has 1 aliphatic rings. The van der Waals surface area contributed by atoms with Crippen molar-refractivity contribution < 1.29 is 4.39 Å². The van der Waals surface area contributed by atoms with Crippen LogP contribution in [0.25, 0.3) is 11.3 Å². The third-order valence-corrected chi connectivity index (χ3v) is 5.39. The third kappa shape index (κ3) is 4.28. The fourth-order valence-corrected chi connectivity index (χ4v) is 4.14. The van der Waals surface area contributed by atoms with E-state index in [1.807, 2.05) is 32.1 Å². The summed E-state index contributed by atoms with van der Waals surface area (Å²) in [7, 11) is 0. The molecule has 1 N–H and O–H groups in total. The van der Waals surface area contributed by atoms with Crippen molar-refractivity contribution in [2.24, 2.45) is 4.99 Å². The number of aliphatic imine (C=N–C) groups is 1. The zero-order chi connectivity index (χ0) is 18.5. The smallest absolute Gasteiger partial charge is 0.132 e. The number of halogens is 1. The van der Waals surface area contributed by atoms with E-state index in [0.29, 0.717) is 23.1 Å². The van der Waals surface area contributed by atoms with Gasteiger partial charge < -0.3 is 5.32 Å². The van der Waals surface area contributed by atoms with Crippen LogP contribution in [0.1, 0.15) is 42.5 Å². The van der Waals surface area contributed by atoms with Crippen LogP contribution in [0.5, 0.6) is 0 Å². The molecule has 0 radical (unpaired) electrons. The molecule has 1 fully saturated rings. The van der Waals surface area contributed by atoms with Crippen LogP contribution in [-0.2, 0) is 0 Å². The predicted octanol–water partition coefficient (Wildman–Crippen LogP) is 5.63. The van der Waals surface area contributed by atoms with Crippen molar-refractivity contribution in [3.63, 3.8) is 0 Å². The summed E-state index contributed by atoms with van der Waals surface area (Å²) in [5.74, 6) is 0.373. The first kappa shape index (κ1) is 18.5. The Labute approximate surface area is 158 Å². The van der Waals surface area contributed by atoms with Crippen LogP contribution in [0, 0.1) is 12.7 Å². The summed E-state index contributed by atoms with van der Waals surface area (Å²) in [6, 6.07) is 7.18. The van der Waals surface area contributed by atoms with Crippen molar-refractivity contribution in [1.29, 1.82) is 0 Å². The molecule has 0 aliphatic heterocycles. The van der Waals surface area contributed by atoms with Gasteiger partial charge in [0.25, 0.3) is 0 Å². The van der Waals surface area contributed by atoms with Gasteiger partial charge in [-0.15, -0.1) is 11.3 Å². The molecule has 1 heterocycles. The largest absolute Gasteiger partial charge is 0.368 e. The van der Waals surface area contributed by atoms with Crippen LogP contribution in [0.15, 0.2) is 53.8 Å². The van der Waals surface area contributed by atoms with E-state index in [0.717, 1.165) is 28.4 Å². The van der Waals surface area contributed by atoms with Gasteiger partial charge in [-0.05, 0) is 44.9 Å². The lowest BCUT2D eigenvalue weighted by molar-refractivity contribution is 0.582. The van der Waals surface area contributed by atoms with Crippen LogP contribution >= 0.6 is 11.3 Å². The minimum Gasteiger partial charge on any atom is -0.368 e. The van der Waals surface area contributed by atoms with Crippen LogP contribution in [-0.4, -0.2) is 16.7 Å². The first-order valence-electron chi connectivity index (χ1n) is 8.98. The number of rotatable bonds is 6. The van der Waals surface area contributed by atoms with Crippen LogP contribution in [0.4, 0.5) is 4.39 Å². The molecule has 3 nitrogen and oxygen atoms in total. The quantitative estimate of drug-likeness (QED) is 0.670. The highest BCUT2D eigenvalue weighted by Crippen LogP contribution is 2.31. The summed E-state index contributed by atoms with van der Waals surface area (Å²) < 4.78 is 14.3. The minimum atomic E-state index is -0.276. The maximum absolute atomic E-state index is 14.3. The molecule has 136 valence electrons. The zero-order valence-electron chi connectivity index (χ0n) is 15.3. The zero-order valence-corrected chi connectivity index (χ0v) is 16.1. The average molecular weight is 370 g/mol. The lowest BCUT2D eigenvalue weighted by Gasteiger charge is -2.13. The Hall–Kier alpha value is -2.27. The average Bonchev–Trinajstić information content (AvgIpc) is 3.24. The van der Waals surface area contributed by atoms with E-state index in [-0.39, 0.29) is 5.82 Å². The van der Waals surface area contributed by atoms with E-state index in [2.05, 4.69) is 16.9 Å². The van der Waals surface area contributed by atoms with Gasteiger partial charge in [0.05, 0.1) is 21.3 Å². The molecule has 0 unspecified atom stereocenters. The standard InChI is InChI=1S/C21H24FN3S/c1-4-9-19(24-14(2)23-16-10-5-6-11-16)21-20(25-15(3)26-21)17-12-7-8-13-18(17)22/h4,7-9,12-13,16,23H,2,5-6,10-11H2,1,3H3/b9-4-,24-19+. The van der Waals surface area contributed by atoms with Gasteiger partial charge in [-0.25, -0.2) is 14.4 Å². The Kier molecular flexibility index (Phi) is 5.99. The molecule has 0 bridgehead atoms. The van der Waals surface area contributed by atoms with Crippen LogP contribution in [0.2, 0.25) is 0 Å². The summed E-state index contributed by atoms with van der Waals surface area (Å²) in [4.78, 5) is 10.1. The van der Waals surface area contributed by atoms with Crippen molar-refractivity contribution in [1.82, 2.24) is 10.3 Å². The molecule has 2 aromatic rings. The van der Waals surface area contributed by atoms with Gasteiger partial charge in [0.15, 0.2) is 0 Å². The topological polar surface area (TPSA) is 37.3 Å². The van der Waals surface area contributed by atoms with Gasteiger partial charge in [0.1, 0.15) is 11.6 Å².